The molecule has 2 N–H and O–H groups in total. The Morgan fingerprint density at radius 1 is 1.33 bits per heavy atom. The van der Waals surface area contributed by atoms with Crippen molar-refractivity contribution < 1.29 is 9.47 Å². The molecule has 2 rings (SSSR count). The van der Waals surface area contributed by atoms with Crippen LogP contribution < -0.4 is 10.6 Å². The van der Waals surface area contributed by atoms with Crippen molar-refractivity contribution in [2.24, 2.45) is 4.99 Å². The highest BCUT2D eigenvalue weighted by Gasteiger charge is 2.15. The zero-order valence-corrected chi connectivity index (χ0v) is 17.8. The number of hydrogen-bond acceptors (Lipinski definition) is 4. The molecule has 5 nitrogen and oxygen atoms in total. The lowest BCUT2D eigenvalue weighted by Crippen LogP contribution is -2.38. The molecule has 1 saturated heterocycles. The number of thiophene rings is 1. The average Bonchev–Trinajstić information content (AvgIpc) is 3.23. The molecule has 0 saturated carbocycles. The summed E-state index contributed by atoms with van der Waals surface area (Å²) in [4.78, 5) is 7.38. The van der Waals surface area contributed by atoms with Crippen molar-refractivity contribution in [3.05, 3.63) is 21.9 Å². The molecule has 24 heavy (non-hydrogen) atoms. The van der Waals surface area contributed by atoms with Crippen LogP contribution in [0.2, 0.25) is 0 Å². The molecule has 1 aliphatic rings. The minimum Gasteiger partial charge on any atom is -0.379 e. The monoisotopic (exact) mass is 467 g/mol. The van der Waals surface area contributed by atoms with Crippen molar-refractivity contribution in [1.29, 1.82) is 0 Å². The fraction of sp³-hybridized carbons (Fsp3) is 0.706. The highest BCUT2D eigenvalue weighted by Crippen LogP contribution is 2.17. The number of hydrogen-bond donors (Lipinski definition) is 2. The summed E-state index contributed by atoms with van der Waals surface area (Å²) in [6.45, 7) is 9.09. The Hall–Kier alpha value is -0.380. The fourth-order valence-electron chi connectivity index (χ4n) is 2.37. The average molecular weight is 467 g/mol. The van der Waals surface area contributed by atoms with E-state index in [1.165, 1.54) is 9.75 Å². The van der Waals surface area contributed by atoms with Crippen LogP contribution in [0, 0.1) is 0 Å². The lowest BCUT2D eigenvalue weighted by Gasteiger charge is -2.12. The van der Waals surface area contributed by atoms with Gasteiger partial charge in [0, 0.05) is 36.1 Å². The quantitative estimate of drug-likeness (QED) is 0.254. The van der Waals surface area contributed by atoms with E-state index < -0.39 is 0 Å². The van der Waals surface area contributed by atoms with E-state index in [1.54, 1.807) is 0 Å². The lowest BCUT2D eigenvalue weighted by atomic mass is 10.3. The topological polar surface area (TPSA) is 54.9 Å². The highest BCUT2D eigenvalue weighted by atomic mass is 127. The zero-order chi connectivity index (χ0) is 16.3. The smallest absolute Gasteiger partial charge is 0.191 e. The highest BCUT2D eigenvalue weighted by molar-refractivity contribution is 14.0. The van der Waals surface area contributed by atoms with Crippen LogP contribution in [0.15, 0.2) is 17.1 Å². The number of nitrogens with zero attached hydrogens (tertiary/aromatic N) is 1. The molecular weight excluding hydrogens is 437 g/mol. The van der Waals surface area contributed by atoms with Crippen molar-refractivity contribution >= 4 is 41.3 Å². The van der Waals surface area contributed by atoms with Crippen molar-refractivity contribution in [2.45, 2.75) is 45.8 Å². The molecular formula is C17H30IN3O2S. The standard InChI is InChI=1S/C17H29N3O2S.HI/c1-3-15-6-7-16(23-15)12-20-17(18-4-2)19-9-5-10-22-14-8-11-21-13-14;/h6-7,14H,3-5,8-13H2,1-2H3,(H2,18,19,20);1H. The molecule has 138 valence electrons. The van der Waals surface area contributed by atoms with Crippen molar-refractivity contribution in [3.63, 3.8) is 0 Å². The van der Waals surface area contributed by atoms with Crippen LogP contribution in [0.5, 0.6) is 0 Å². The van der Waals surface area contributed by atoms with Gasteiger partial charge in [-0.25, -0.2) is 4.99 Å². The molecule has 1 aromatic heterocycles. The minimum atomic E-state index is 0. The SMILES string of the molecule is CCNC(=NCc1ccc(CC)s1)NCCCOC1CCOC1.I. The molecule has 1 fully saturated rings. The molecule has 1 aliphatic heterocycles. The van der Waals surface area contributed by atoms with E-state index >= 15 is 0 Å². The Labute approximate surface area is 166 Å². The Balaban J connectivity index is 0.00000288. The van der Waals surface area contributed by atoms with Crippen LogP contribution in [0.25, 0.3) is 0 Å². The molecule has 7 heteroatoms. The molecule has 0 spiro atoms. The Morgan fingerprint density at radius 3 is 2.83 bits per heavy atom. The molecule has 0 aliphatic carbocycles. The van der Waals surface area contributed by atoms with Crippen LogP contribution in [-0.2, 0) is 22.4 Å². The summed E-state index contributed by atoms with van der Waals surface area (Å²) >= 11 is 1.84. The first kappa shape index (κ1) is 21.7. The van der Waals surface area contributed by atoms with Gasteiger partial charge in [-0.05, 0) is 38.3 Å². The largest absolute Gasteiger partial charge is 0.379 e. The van der Waals surface area contributed by atoms with Crippen molar-refractivity contribution in [3.8, 4) is 0 Å². The van der Waals surface area contributed by atoms with Gasteiger partial charge in [-0.2, -0.15) is 0 Å². The molecule has 2 heterocycles. The number of guanidine groups is 1. The zero-order valence-electron chi connectivity index (χ0n) is 14.7. The molecule has 0 amide bonds. The van der Waals surface area contributed by atoms with Gasteiger partial charge in [0.1, 0.15) is 0 Å². The van der Waals surface area contributed by atoms with Gasteiger partial charge in [0.25, 0.3) is 0 Å². The number of rotatable bonds is 9. The maximum Gasteiger partial charge on any atom is 0.191 e. The minimum absolute atomic E-state index is 0. The van der Waals surface area contributed by atoms with E-state index in [0.29, 0.717) is 6.10 Å². The van der Waals surface area contributed by atoms with Gasteiger partial charge in [-0.15, -0.1) is 35.3 Å². The first-order valence-electron chi connectivity index (χ1n) is 8.61. The molecule has 1 atom stereocenters. The maximum atomic E-state index is 5.77. The first-order chi connectivity index (χ1) is 11.3. The van der Waals surface area contributed by atoms with Crippen molar-refractivity contribution in [1.82, 2.24) is 10.6 Å². The van der Waals surface area contributed by atoms with Gasteiger partial charge in [0.05, 0.1) is 19.3 Å². The third-order valence-corrected chi connectivity index (χ3v) is 4.87. The molecule has 0 radical (unpaired) electrons. The summed E-state index contributed by atoms with van der Waals surface area (Å²) in [5, 5.41) is 6.66. The van der Waals surface area contributed by atoms with Crippen LogP contribution in [0.1, 0.15) is 36.4 Å². The van der Waals surface area contributed by atoms with Crippen LogP contribution in [0.4, 0.5) is 0 Å². The number of aryl methyl sites for hydroxylation is 1. The van der Waals surface area contributed by atoms with E-state index in [9.17, 15) is 0 Å². The van der Waals surface area contributed by atoms with Gasteiger partial charge in [0.2, 0.25) is 0 Å². The van der Waals surface area contributed by atoms with E-state index in [0.717, 1.165) is 64.7 Å². The molecule has 0 bridgehead atoms. The second kappa shape index (κ2) is 12.9. The Morgan fingerprint density at radius 2 is 2.17 bits per heavy atom. The Bertz CT molecular complexity index is 476. The second-order valence-electron chi connectivity index (χ2n) is 5.55. The Kier molecular flexibility index (Phi) is 11.7. The van der Waals surface area contributed by atoms with Gasteiger partial charge < -0.3 is 20.1 Å². The van der Waals surface area contributed by atoms with E-state index in [1.807, 2.05) is 11.3 Å². The summed E-state index contributed by atoms with van der Waals surface area (Å²) in [5.41, 5.74) is 0. The van der Waals surface area contributed by atoms with Gasteiger partial charge >= 0.3 is 0 Å². The number of aliphatic imine (C=N–C) groups is 1. The van der Waals surface area contributed by atoms with Gasteiger partial charge in [0.15, 0.2) is 5.96 Å². The summed E-state index contributed by atoms with van der Waals surface area (Å²) in [6, 6.07) is 4.37. The predicted octanol–water partition coefficient (Wildman–Crippen LogP) is 3.18. The number of halogens is 1. The predicted molar refractivity (Wildman–Crippen MR) is 112 cm³/mol. The van der Waals surface area contributed by atoms with Crippen LogP contribution >= 0.6 is 35.3 Å². The van der Waals surface area contributed by atoms with Crippen LogP contribution in [0.3, 0.4) is 0 Å². The van der Waals surface area contributed by atoms with E-state index in [4.69, 9.17) is 9.47 Å². The van der Waals surface area contributed by atoms with Gasteiger partial charge in [-0.1, -0.05) is 6.92 Å². The summed E-state index contributed by atoms with van der Waals surface area (Å²) in [7, 11) is 0. The molecule has 1 unspecified atom stereocenters. The normalized spacial score (nSPS) is 17.6. The number of nitrogens with one attached hydrogen (secondary N) is 2. The third kappa shape index (κ3) is 8.13. The molecule has 1 aromatic rings. The fourth-order valence-corrected chi connectivity index (χ4v) is 3.25. The first-order valence-corrected chi connectivity index (χ1v) is 9.42. The maximum absolute atomic E-state index is 5.77. The van der Waals surface area contributed by atoms with Crippen molar-refractivity contribution in [2.75, 3.05) is 32.9 Å². The van der Waals surface area contributed by atoms with E-state index in [-0.39, 0.29) is 24.0 Å². The summed E-state index contributed by atoms with van der Waals surface area (Å²) in [5.74, 6) is 0.878. The summed E-state index contributed by atoms with van der Waals surface area (Å²) in [6.07, 6.45) is 3.39. The lowest BCUT2D eigenvalue weighted by molar-refractivity contribution is 0.0420. The van der Waals surface area contributed by atoms with Gasteiger partial charge in [-0.3, -0.25) is 0 Å². The summed E-state index contributed by atoms with van der Waals surface area (Å²) < 4.78 is 11.1. The second-order valence-corrected chi connectivity index (χ2v) is 6.81. The third-order valence-electron chi connectivity index (χ3n) is 3.66. The van der Waals surface area contributed by atoms with Crippen LogP contribution in [-0.4, -0.2) is 45.0 Å². The number of ether oxygens (including phenoxy) is 2. The molecule has 0 aromatic carbocycles. The van der Waals surface area contributed by atoms with E-state index in [2.05, 4.69) is 41.6 Å².